The van der Waals surface area contributed by atoms with Gasteiger partial charge in [0, 0.05) is 11.7 Å². The van der Waals surface area contributed by atoms with Crippen molar-refractivity contribution in [3.8, 4) is 0 Å². The number of hydrogen-bond donors (Lipinski definition) is 2. The summed E-state index contributed by atoms with van der Waals surface area (Å²) in [6, 6.07) is 6.56. The van der Waals surface area contributed by atoms with E-state index in [0.717, 1.165) is 18.5 Å². The van der Waals surface area contributed by atoms with Gasteiger partial charge in [0.05, 0.1) is 6.54 Å². The molecule has 1 aromatic carbocycles. The van der Waals surface area contributed by atoms with Crippen molar-refractivity contribution in [3.63, 3.8) is 0 Å². The Morgan fingerprint density at radius 3 is 2.83 bits per heavy atom. The average Bonchev–Trinajstić information content (AvgIpc) is 2.37. The fourth-order valence-corrected chi connectivity index (χ4v) is 2.39. The number of hydrogen-bond acceptors (Lipinski definition) is 2. The van der Waals surface area contributed by atoms with Gasteiger partial charge in [-0.15, -0.1) is 0 Å². The molecule has 1 aromatic rings. The molecule has 0 bridgehead atoms. The van der Waals surface area contributed by atoms with Crippen molar-refractivity contribution in [2.75, 3.05) is 11.9 Å². The highest BCUT2D eigenvalue weighted by atomic mass is 16.1. The van der Waals surface area contributed by atoms with E-state index in [1.54, 1.807) is 0 Å². The van der Waals surface area contributed by atoms with Crippen molar-refractivity contribution >= 4 is 11.6 Å². The molecule has 98 valence electrons. The summed E-state index contributed by atoms with van der Waals surface area (Å²) in [5.41, 5.74) is 3.74. The molecule has 1 aliphatic carbocycles. The summed E-state index contributed by atoms with van der Waals surface area (Å²) in [7, 11) is 0. The molecule has 3 heteroatoms. The molecule has 0 unspecified atom stereocenters. The molecular formula is C15H22N2O. The lowest BCUT2D eigenvalue weighted by atomic mass is 9.90. The number of fused-ring (bicyclic) bond motifs is 1. The van der Waals surface area contributed by atoms with E-state index in [1.807, 2.05) is 26.0 Å². The first-order chi connectivity index (χ1) is 8.66. The van der Waals surface area contributed by atoms with Crippen molar-refractivity contribution in [2.45, 2.75) is 45.6 Å². The normalized spacial score (nSPS) is 14.4. The maximum Gasteiger partial charge on any atom is 0.238 e. The van der Waals surface area contributed by atoms with Crippen LogP contribution in [0.3, 0.4) is 0 Å². The Balaban J connectivity index is 2.03. The molecule has 3 nitrogen and oxygen atoms in total. The van der Waals surface area contributed by atoms with Gasteiger partial charge in [0.25, 0.3) is 0 Å². The average molecular weight is 246 g/mol. The quantitative estimate of drug-likeness (QED) is 0.857. The van der Waals surface area contributed by atoms with Gasteiger partial charge in [-0.2, -0.15) is 0 Å². The van der Waals surface area contributed by atoms with E-state index in [9.17, 15) is 4.79 Å². The molecule has 1 aliphatic rings. The molecule has 0 radical (unpaired) electrons. The van der Waals surface area contributed by atoms with Gasteiger partial charge in [0.1, 0.15) is 0 Å². The van der Waals surface area contributed by atoms with E-state index in [1.165, 1.54) is 24.0 Å². The molecule has 0 heterocycles. The third-order valence-corrected chi connectivity index (χ3v) is 3.34. The van der Waals surface area contributed by atoms with Crippen LogP contribution in [0.5, 0.6) is 0 Å². The number of anilines is 1. The maximum atomic E-state index is 11.8. The second-order valence-electron chi connectivity index (χ2n) is 5.23. The minimum Gasteiger partial charge on any atom is -0.325 e. The summed E-state index contributed by atoms with van der Waals surface area (Å²) in [6.07, 6.45) is 4.72. The fourth-order valence-electron chi connectivity index (χ4n) is 2.39. The van der Waals surface area contributed by atoms with E-state index >= 15 is 0 Å². The first-order valence-electron chi connectivity index (χ1n) is 6.81. The SMILES string of the molecule is CC(C)NCC(=O)Nc1cccc2c1CCCC2. The zero-order valence-corrected chi connectivity index (χ0v) is 11.3. The van der Waals surface area contributed by atoms with Crippen molar-refractivity contribution in [1.29, 1.82) is 0 Å². The molecule has 1 amide bonds. The van der Waals surface area contributed by atoms with Gasteiger partial charge >= 0.3 is 0 Å². The largest absolute Gasteiger partial charge is 0.325 e. The minimum absolute atomic E-state index is 0.0441. The Hall–Kier alpha value is -1.35. The molecule has 0 saturated heterocycles. The number of benzene rings is 1. The van der Waals surface area contributed by atoms with Gasteiger partial charge in [-0.05, 0) is 42.9 Å². The molecule has 2 rings (SSSR count). The van der Waals surface area contributed by atoms with Crippen molar-refractivity contribution in [1.82, 2.24) is 5.32 Å². The van der Waals surface area contributed by atoms with Crippen LogP contribution in [0.1, 0.15) is 37.8 Å². The number of amides is 1. The monoisotopic (exact) mass is 246 g/mol. The number of nitrogens with one attached hydrogen (secondary N) is 2. The highest BCUT2D eigenvalue weighted by Crippen LogP contribution is 2.27. The van der Waals surface area contributed by atoms with Crippen LogP contribution in [0.25, 0.3) is 0 Å². The summed E-state index contributed by atoms with van der Waals surface area (Å²) in [6.45, 7) is 4.46. The van der Waals surface area contributed by atoms with Crippen LogP contribution in [0.4, 0.5) is 5.69 Å². The van der Waals surface area contributed by atoms with Crippen LogP contribution < -0.4 is 10.6 Å². The summed E-state index contributed by atoms with van der Waals surface area (Å²) in [4.78, 5) is 11.8. The smallest absolute Gasteiger partial charge is 0.238 e. The summed E-state index contributed by atoms with van der Waals surface area (Å²) < 4.78 is 0. The molecule has 0 aromatic heterocycles. The number of carbonyl (C=O) groups excluding carboxylic acids is 1. The first-order valence-corrected chi connectivity index (χ1v) is 6.81. The molecule has 18 heavy (non-hydrogen) atoms. The second-order valence-corrected chi connectivity index (χ2v) is 5.23. The standard InChI is InChI=1S/C15H22N2O/c1-11(2)16-10-15(18)17-14-9-5-7-12-6-3-4-8-13(12)14/h5,7,9,11,16H,3-4,6,8,10H2,1-2H3,(H,17,18). The Morgan fingerprint density at radius 1 is 1.28 bits per heavy atom. The van der Waals surface area contributed by atoms with E-state index in [4.69, 9.17) is 0 Å². The van der Waals surface area contributed by atoms with E-state index < -0.39 is 0 Å². The number of rotatable bonds is 4. The second kappa shape index (κ2) is 6.01. The Bertz CT molecular complexity index is 427. The van der Waals surface area contributed by atoms with E-state index in [0.29, 0.717) is 12.6 Å². The Morgan fingerprint density at radius 2 is 2.06 bits per heavy atom. The molecule has 0 atom stereocenters. The summed E-state index contributed by atoms with van der Waals surface area (Å²) in [5.74, 6) is 0.0441. The van der Waals surface area contributed by atoms with Crippen molar-refractivity contribution in [2.24, 2.45) is 0 Å². The summed E-state index contributed by atoms with van der Waals surface area (Å²) in [5, 5.41) is 6.16. The van der Waals surface area contributed by atoms with Gasteiger partial charge in [0.15, 0.2) is 0 Å². The van der Waals surface area contributed by atoms with Gasteiger partial charge in [-0.3, -0.25) is 4.79 Å². The van der Waals surface area contributed by atoms with Gasteiger partial charge in [-0.25, -0.2) is 0 Å². The highest BCUT2D eigenvalue weighted by Gasteiger charge is 2.14. The van der Waals surface area contributed by atoms with E-state index in [-0.39, 0.29) is 5.91 Å². The number of aryl methyl sites for hydroxylation is 1. The summed E-state index contributed by atoms with van der Waals surface area (Å²) >= 11 is 0. The van der Waals surface area contributed by atoms with Gasteiger partial charge in [-0.1, -0.05) is 26.0 Å². The predicted molar refractivity (Wildman–Crippen MR) is 74.9 cm³/mol. The predicted octanol–water partition coefficient (Wildman–Crippen LogP) is 2.50. The van der Waals surface area contributed by atoms with Crippen molar-refractivity contribution < 1.29 is 4.79 Å². The van der Waals surface area contributed by atoms with Crippen LogP contribution in [0.15, 0.2) is 18.2 Å². The van der Waals surface area contributed by atoms with Crippen LogP contribution in [0, 0.1) is 0 Å². The third kappa shape index (κ3) is 3.33. The molecule has 0 saturated carbocycles. The lowest BCUT2D eigenvalue weighted by molar-refractivity contribution is -0.115. The minimum atomic E-state index is 0.0441. The molecule has 0 fully saturated rings. The first kappa shape index (κ1) is 13.1. The molecule has 0 aliphatic heterocycles. The fraction of sp³-hybridized carbons (Fsp3) is 0.533. The van der Waals surface area contributed by atoms with Crippen molar-refractivity contribution in [3.05, 3.63) is 29.3 Å². The van der Waals surface area contributed by atoms with Gasteiger partial charge in [0.2, 0.25) is 5.91 Å². The topological polar surface area (TPSA) is 41.1 Å². The zero-order chi connectivity index (χ0) is 13.0. The van der Waals surface area contributed by atoms with Crippen LogP contribution >= 0.6 is 0 Å². The maximum absolute atomic E-state index is 11.8. The molecule has 0 spiro atoms. The lowest BCUT2D eigenvalue weighted by Gasteiger charge is -2.19. The lowest BCUT2D eigenvalue weighted by Crippen LogP contribution is -2.33. The Kier molecular flexibility index (Phi) is 4.37. The van der Waals surface area contributed by atoms with Crippen LogP contribution in [0.2, 0.25) is 0 Å². The van der Waals surface area contributed by atoms with Gasteiger partial charge < -0.3 is 10.6 Å². The Labute approximate surface area is 109 Å². The van der Waals surface area contributed by atoms with Crippen LogP contribution in [-0.4, -0.2) is 18.5 Å². The zero-order valence-electron chi connectivity index (χ0n) is 11.3. The highest BCUT2D eigenvalue weighted by molar-refractivity contribution is 5.93. The number of carbonyl (C=O) groups is 1. The molecule has 2 N–H and O–H groups in total. The third-order valence-electron chi connectivity index (χ3n) is 3.34. The van der Waals surface area contributed by atoms with E-state index in [2.05, 4.69) is 16.7 Å². The van der Waals surface area contributed by atoms with Crippen LogP contribution in [-0.2, 0) is 17.6 Å². The molecular weight excluding hydrogens is 224 g/mol.